The first kappa shape index (κ1) is 26.4. The lowest BCUT2D eigenvalue weighted by Crippen LogP contribution is -2.14. The number of H-pyrrole nitrogens is 2. The summed E-state index contributed by atoms with van der Waals surface area (Å²) in [5.74, 6) is -0.198. The number of hydrogen-bond donors (Lipinski definition) is 3. The number of fused-ring (bicyclic) bond motifs is 2. The number of imidazole rings is 1. The van der Waals surface area contributed by atoms with E-state index in [1.54, 1.807) is 31.5 Å². The van der Waals surface area contributed by atoms with Crippen molar-refractivity contribution in [2.24, 2.45) is 0 Å². The molecule has 210 valence electrons. The number of nitrogens with zero attached hydrogens (tertiary/aromatic N) is 4. The van der Waals surface area contributed by atoms with Crippen molar-refractivity contribution < 1.29 is 14.0 Å². The molecule has 0 radical (unpaired) electrons. The van der Waals surface area contributed by atoms with Gasteiger partial charge in [0, 0.05) is 45.4 Å². The third kappa shape index (κ3) is 5.06. The number of carbonyl (C=O) groups excluding carboxylic acids is 2. The van der Waals surface area contributed by atoms with Gasteiger partial charge in [-0.2, -0.15) is 5.10 Å². The van der Waals surface area contributed by atoms with Crippen molar-refractivity contribution in [1.82, 2.24) is 30.1 Å². The molecule has 0 aliphatic heterocycles. The first-order valence-corrected chi connectivity index (χ1v) is 14.2. The second-order valence-corrected chi connectivity index (χ2v) is 11.1. The first-order chi connectivity index (χ1) is 20.9. The molecule has 0 aliphatic rings. The van der Waals surface area contributed by atoms with Gasteiger partial charge in [0.25, 0.3) is 0 Å². The number of halogens is 1. The molecule has 0 saturated heterocycles. The van der Waals surface area contributed by atoms with E-state index in [2.05, 4.69) is 35.5 Å². The van der Waals surface area contributed by atoms with Crippen molar-refractivity contribution in [3.05, 3.63) is 102 Å². The summed E-state index contributed by atoms with van der Waals surface area (Å²) in [6.07, 6.45) is 4.95. The van der Waals surface area contributed by atoms with Gasteiger partial charge in [-0.1, -0.05) is 30.3 Å². The van der Waals surface area contributed by atoms with Gasteiger partial charge < -0.3 is 10.3 Å². The molecule has 0 bridgehead atoms. The number of nitrogens with one attached hydrogen (secondary N) is 3. The summed E-state index contributed by atoms with van der Waals surface area (Å²) in [6.45, 7) is 1.54. The van der Waals surface area contributed by atoms with Gasteiger partial charge in [-0.3, -0.25) is 19.7 Å². The molecular weight excluding hydrogens is 565 g/mol. The van der Waals surface area contributed by atoms with Crippen LogP contribution in [-0.4, -0.2) is 41.8 Å². The highest BCUT2D eigenvalue weighted by Gasteiger charge is 2.19. The minimum Gasteiger partial charge on any atom is -0.335 e. The molecule has 0 unspecified atom stereocenters. The van der Waals surface area contributed by atoms with Crippen LogP contribution in [0.5, 0.6) is 0 Å². The molecule has 7 aromatic rings. The zero-order chi connectivity index (χ0) is 29.5. The van der Waals surface area contributed by atoms with Crippen molar-refractivity contribution in [2.75, 3.05) is 5.32 Å². The maximum absolute atomic E-state index is 15.3. The van der Waals surface area contributed by atoms with Crippen LogP contribution in [0.25, 0.3) is 55.2 Å². The van der Waals surface area contributed by atoms with E-state index in [-0.39, 0.29) is 18.1 Å². The Kier molecular flexibility index (Phi) is 6.55. The van der Waals surface area contributed by atoms with Crippen LogP contribution in [0, 0.1) is 5.82 Å². The zero-order valence-electron chi connectivity index (χ0n) is 22.7. The van der Waals surface area contributed by atoms with E-state index in [1.807, 2.05) is 48.5 Å². The van der Waals surface area contributed by atoms with Gasteiger partial charge in [-0.15, -0.1) is 11.3 Å². The minimum absolute atomic E-state index is 0.00757. The Morgan fingerprint density at radius 2 is 1.86 bits per heavy atom. The molecule has 3 N–H and O–H groups in total. The average molecular weight is 588 g/mol. The number of ketones is 1. The summed E-state index contributed by atoms with van der Waals surface area (Å²) in [6, 6.07) is 19.8. The Bertz CT molecular complexity index is 2170. The fourth-order valence-electron chi connectivity index (χ4n) is 4.98. The van der Waals surface area contributed by atoms with Crippen molar-refractivity contribution in [3.63, 3.8) is 0 Å². The van der Waals surface area contributed by atoms with Crippen LogP contribution in [-0.2, 0) is 11.2 Å². The topological polar surface area (TPSA) is 129 Å². The number of rotatable bonds is 7. The van der Waals surface area contributed by atoms with E-state index in [0.29, 0.717) is 55.3 Å². The fourth-order valence-corrected chi connectivity index (χ4v) is 5.92. The monoisotopic (exact) mass is 587 g/mol. The molecule has 7 rings (SSSR count). The van der Waals surface area contributed by atoms with E-state index >= 15 is 4.39 Å². The molecular formula is C32H22FN7O2S. The molecule has 43 heavy (non-hydrogen) atoms. The number of aromatic amines is 2. The molecule has 9 nitrogen and oxygen atoms in total. The molecule has 11 heteroatoms. The lowest BCUT2D eigenvalue weighted by Gasteiger charge is -2.08. The SMILES string of the molecule is CC(=O)c1ccc(-c2ccnc3nc(-c4n[nH]c5cc(F)c(-c6cncc(NC(=O)Cc7ccccc7)c6)cc45)[nH]c23)s1. The quantitative estimate of drug-likeness (QED) is 0.176. The summed E-state index contributed by atoms with van der Waals surface area (Å²) in [4.78, 5) is 42.7. The van der Waals surface area contributed by atoms with E-state index in [0.717, 1.165) is 16.0 Å². The summed E-state index contributed by atoms with van der Waals surface area (Å²) in [5, 5.41) is 10.8. The molecule has 0 fully saturated rings. The largest absolute Gasteiger partial charge is 0.335 e. The molecule has 0 aliphatic carbocycles. The molecule has 0 saturated carbocycles. The third-order valence-corrected chi connectivity index (χ3v) is 8.25. The number of Topliss-reactive ketones (excluding diaryl/α,β-unsaturated/α-hetero) is 1. The summed E-state index contributed by atoms with van der Waals surface area (Å²) in [5.41, 5.74) is 5.20. The average Bonchev–Trinajstić information content (AvgIpc) is 3.75. The van der Waals surface area contributed by atoms with Crippen LogP contribution < -0.4 is 5.32 Å². The van der Waals surface area contributed by atoms with Gasteiger partial charge in [0.15, 0.2) is 17.3 Å². The Balaban J connectivity index is 1.23. The van der Waals surface area contributed by atoms with Gasteiger partial charge in [0.1, 0.15) is 11.5 Å². The number of hydrogen-bond acceptors (Lipinski definition) is 7. The van der Waals surface area contributed by atoms with Gasteiger partial charge >= 0.3 is 0 Å². The second kappa shape index (κ2) is 10.7. The van der Waals surface area contributed by atoms with E-state index in [1.165, 1.54) is 23.6 Å². The highest BCUT2D eigenvalue weighted by molar-refractivity contribution is 7.17. The van der Waals surface area contributed by atoms with Crippen molar-refractivity contribution in [3.8, 4) is 33.1 Å². The first-order valence-electron chi connectivity index (χ1n) is 13.4. The molecule has 2 aromatic carbocycles. The fraction of sp³-hybridized carbons (Fsp3) is 0.0625. The summed E-state index contributed by atoms with van der Waals surface area (Å²) < 4.78 is 15.3. The number of benzene rings is 2. The molecule has 5 heterocycles. The van der Waals surface area contributed by atoms with Crippen molar-refractivity contribution >= 4 is 50.8 Å². The standard InChI is InChI=1S/C32H22FN7O2S/c1-17(41)26-7-8-27(43-26)21-9-10-35-31-29(21)37-32(38-31)30-23-13-22(24(33)14-25(23)39-40-30)19-12-20(16-34-15-19)36-28(42)11-18-5-3-2-4-6-18/h2-10,12-16H,11H2,1H3,(H,36,42)(H,39,40)(H,35,37,38). The van der Waals surface area contributed by atoms with Gasteiger partial charge in [0.2, 0.25) is 5.91 Å². The Labute approximate surface area is 247 Å². The number of anilines is 1. The van der Waals surface area contributed by atoms with Crippen LogP contribution >= 0.6 is 11.3 Å². The van der Waals surface area contributed by atoms with Gasteiger partial charge in [-0.25, -0.2) is 14.4 Å². The van der Waals surface area contributed by atoms with Crippen LogP contribution in [0.4, 0.5) is 10.1 Å². The Morgan fingerprint density at radius 3 is 2.67 bits per heavy atom. The second-order valence-electron chi connectivity index (χ2n) is 9.99. The molecule has 1 amide bonds. The van der Waals surface area contributed by atoms with Crippen LogP contribution in [0.2, 0.25) is 0 Å². The highest BCUT2D eigenvalue weighted by atomic mass is 32.1. The van der Waals surface area contributed by atoms with Gasteiger partial charge in [-0.05, 0) is 42.8 Å². The number of carbonyl (C=O) groups is 2. The van der Waals surface area contributed by atoms with Crippen molar-refractivity contribution in [1.29, 1.82) is 0 Å². The normalized spacial score (nSPS) is 11.3. The van der Waals surface area contributed by atoms with Crippen LogP contribution in [0.3, 0.4) is 0 Å². The number of aromatic nitrogens is 6. The van der Waals surface area contributed by atoms with Gasteiger partial charge in [0.05, 0.1) is 34.2 Å². The lowest BCUT2D eigenvalue weighted by molar-refractivity contribution is -0.115. The maximum atomic E-state index is 15.3. The molecule has 5 aromatic heterocycles. The molecule has 0 atom stereocenters. The van der Waals surface area contributed by atoms with E-state index in [4.69, 9.17) is 0 Å². The Hall–Kier alpha value is -5.55. The number of thiophene rings is 1. The zero-order valence-corrected chi connectivity index (χ0v) is 23.5. The Morgan fingerprint density at radius 1 is 1.00 bits per heavy atom. The predicted octanol–water partition coefficient (Wildman–Crippen LogP) is 6.81. The van der Waals surface area contributed by atoms with Crippen LogP contribution in [0.1, 0.15) is 22.2 Å². The van der Waals surface area contributed by atoms with E-state index < -0.39 is 5.82 Å². The van der Waals surface area contributed by atoms with Crippen molar-refractivity contribution in [2.45, 2.75) is 13.3 Å². The maximum Gasteiger partial charge on any atom is 0.228 e. The summed E-state index contributed by atoms with van der Waals surface area (Å²) >= 11 is 1.40. The number of pyridine rings is 2. The highest BCUT2D eigenvalue weighted by Crippen LogP contribution is 2.36. The van der Waals surface area contributed by atoms with Crippen LogP contribution in [0.15, 0.2) is 85.3 Å². The third-order valence-electron chi connectivity index (χ3n) is 7.03. The lowest BCUT2D eigenvalue weighted by atomic mass is 10.0. The number of amides is 1. The predicted molar refractivity (Wildman–Crippen MR) is 164 cm³/mol. The molecule has 0 spiro atoms. The minimum atomic E-state index is -0.468. The summed E-state index contributed by atoms with van der Waals surface area (Å²) in [7, 11) is 0. The van der Waals surface area contributed by atoms with E-state index in [9.17, 15) is 9.59 Å². The smallest absolute Gasteiger partial charge is 0.228 e.